The number of amides is 1. The Bertz CT molecular complexity index is 597. The summed E-state index contributed by atoms with van der Waals surface area (Å²) in [7, 11) is 0. The van der Waals surface area contributed by atoms with Crippen molar-refractivity contribution in [1.82, 2.24) is 9.97 Å². The van der Waals surface area contributed by atoms with Crippen LogP contribution in [0.2, 0.25) is 0 Å². The Morgan fingerprint density at radius 1 is 1.32 bits per heavy atom. The van der Waals surface area contributed by atoms with E-state index in [1.165, 1.54) is 11.8 Å². The third-order valence-electron chi connectivity index (χ3n) is 3.52. The molecule has 0 bridgehead atoms. The van der Waals surface area contributed by atoms with Crippen molar-refractivity contribution in [3.63, 3.8) is 0 Å². The molecule has 1 aliphatic rings. The molecule has 96 valence electrons. The number of anilines is 1. The van der Waals surface area contributed by atoms with E-state index in [9.17, 15) is 4.79 Å². The molecule has 0 radical (unpaired) electrons. The summed E-state index contributed by atoms with van der Waals surface area (Å²) in [5.74, 6) is -0.0762. The van der Waals surface area contributed by atoms with Gasteiger partial charge in [0, 0.05) is 24.1 Å². The number of hydrogen-bond donors (Lipinski definition) is 0. The monoisotopic (exact) mass is 253 g/mol. The lowest BCUT2D eigenvalue weighted by molar-refractivity contribution is 0.0970. The van der Waals surface area contributed by atoms with Crippen LogP contribution in [0.1, 0.15) is 29.4 Å². The van der Waals surface area contributed by atoms with Crippen molar-refractivity contribution < 1.29 is 4.79 Å². The number of fused-ring (bicyclic) bond motifs is 1. The Hall–Kier alpha value is -2.23. The van der Waals surface area contributed by atoms with Gasteiger partial charge in [-0.2, -0.15) is 0 Å². The number of para-hydroxylation sites is 1. The maximum atomic E-state index is 12.6. The van der Waals surface area contributed by atoms with E-state index in [2.05, 4.69) is 23.0 Å². The molecule has 0 aliphatic carbocycles. The average molecular weight is 253 g/mol. The number of benzene rings is 1. The topological polar surface area (TPSA) is 46.1 Å². The van der Waals surface area contributed by atoms with Gasteiger partial charge >= 0.3 is 0 Å². The van der Waals surface area contributed by atoms with Crippen molar-refractivity contribution in [1.29, 1.82) is 0 Å². The summed E-state index contributed by atoms with van der Waals surface area (Å²) in [6.45, 7) is 2.07. The fourth-order valence-corrected chi connectivity index (χ4v) is 2.53. The first kappa shape index (κ1) is 11.8. The highest BCUT2D eigenvalue weighted by atomic mass is 16.2. The van der Waals surface area contributed by atoms with E-state index < -0.39 is 0 Å². The Morgan fingerprint density at radius 3 is 2.95 bits per heavy atom. The van der Waals surface area contributed by atoms with Crippen LogP contribution in [-0.2, 0) is 6.42 Å². The SMILES string of the molecule is CC1CCc2ccccc2N1C(=O)c1cnccn1. The van der Waals surface area contributed by atoms with E-state index >= 15 is 0 Å². The van der Waals surface area contributed by atoms with Crippen molar-refractivity contribution in [3.05, 3.63) is 54.1 Å². The molecule has 1 atom stereocenters. The quantitative estimate of drug-likeness (QED) is 0.784. The minimum Gasteiger partial charge on any atom is -0.304 e. The standard InChI is InChI=1S/C15H15N3O/c1-11-6-7-12-4-2-3-5-14(12)18(11)15(19)13-10-16-8-9-17-13/h2-5,8-11H,6-7H2,1H3. The first-order valence-electron chi connectivity index (χ1n) is 6.45. The highest BCUT2D eigenvalue weighted by Crippen LogP contribution is 2.31. The second-order valence-corrected chi connectivity index (χ2v) is 4.78. The Kier molecular flexibility index (Phi) is 2.99. The zero-order chi connectivity index (χ0) is 13.2. The minimum absolute atomic E-state index is 0.0762. The number of carbonyl (C=O) groups is 1. The van der Waals surface area contributed by atoms with Crippen LogP contribution in [0.4, 0.5) is 5.69 Å². The van der Waals surface area contributed by atoms with Crippen LogP contribution in [0.5, 0.6) is 0 Å². The van der Waals surface area contributed by atoms with Crippen molar-refractivity contribution >= 4 is 11.6 Å². The lowest BCUT2D eigenvalue weighted by atomic mass is 9.96. The van der Waals surface area contributed by atoms with Gasteiger partial charge in [0.05, 0.1) is 6.20 Å². The number of rotatable bonds is 1. The molecule has 3 rings (SSSR count). The van der Waals surface area contributed by atoms with Crippen LogP contribution < -0.4 is 4.90 Å². The molecule has 1 aliphatic heterocycles. The Morgan fingerprint density at radius 2 is 2.16 bits per heavy atom. The van der Waals surface area contributed by atoms with E-state index in [4.69, 9.17) is 0 Å². The zero-order valence-corrected chi connectivity index (χ0v) is 10.8. The fourth-order valence-electron chi connectivity index (χ4n) is 2.53. The van der Waals surface area contributed by atoms with E-state index in [0.29, 0.717) is 5.69 Å². The van der Waals surface area contributed by atoms with Gasteiger partial charge in [-0.25, -0.2) is 4.98 Å². The first-order valence-corrected chi connectivity index (χ1v) is 6.45. The van der Waals surface area contributed by atoms with E-state index in [1.54, 1.807) is 12.4 Å². The summed E-state index contributed by atoms with van der Waals surface area (Å²) in [5, 5.41) is 0. The molecule has 19 heavy (non-hydrogen) atoms. The van der Waals surface area contributed by atoms with Crippen LogP contribution in [0, 0.1) is 0 Å². The predicted octanol–water partition coefficient (Wildman–Crippen LogP) is 2.46. The van der Waals surface area contributed by atoms with Crippen LogP contribution in [0.3, 0.4) is 0 Å². The maximum Gasteiger partial charge on any atom is 0.278 e. The largest absolute Gasteiger partial charge is 0.304 e. The number of aryl methyl sites for hydroxylation is 1. The van der Waals surface area contributed by atoms with Crippen molar-refractivity contribution in [3.8, 4) is 0 Å². The summed E-state index contributed by atoms with van der Waals surface area (Å²) >= 11 is 0. The van der Waals surface area contributed by atoms with Gasteiger partial charge in [-0.3, -0.25) is 9.78 Å². The van der Waals surface area contributed by atoms with Crippen LogP contribution >= 0.6 is 0 Å². The lowest BCUT2D eigenvalue weighted by Crippen LogP contribution is -2.42. The molecule has 0 saturated carbocycles. The van der Waals surface area contributed by atoms with Gasteiger partial charge in [0.2, 0.25) is 0 Å². The third kappa shape index (κ3) is 2.10. The molecule has 1 unspecified atom stereocenters. The predicted molar refractivity (Wildman–Crippen MR) is 73.1 cm³/mol. The second-order valence-electron chi connectivity index (χ2n) is 4.78. The Balaban J connectivity index is 2.02. The molecule has 2 heterocycles. The summed E-state index contributed by atoms with van der Waals surface area (Å²) in [6.07, 6.45) is 6.63. The van der Waals surface area contributed by atoms with Crippen molar-refractivity contribution in [2.75, 3.05) is 4.90 Å². The normalized spacial score (nSPS) is 17.9. The molecule has 1 aromatic heterocycles. The van der Waals surface area contributed by atoms with Gasteiger partial charge in [0.25, 0.3) is 5.91 Å². The number of carbonyl (C=O) groups excluding carboxylic acids is 1. The molecular weight excluding hydrogens is 238 g/mol. The van der Waals surface area contributed by atoms with Gasteiger partial charge in [-0.05, 0) is 31.4 Å². The summed E-state index contributed by atoms with van der Waals surface area (Å²) in [6, 6.07) is 8.25. The highest BCUT2D eigenvalue weighted by molar-refractivity contribution is 6.05. The molecule has 0 spiro atoms. The first-order chi connectivity index (χ1) is 9.27. The third-order valence-corrected chi connectivity index (χ3v) is 3.52. The number of aromatic nitrogens is 2. The van der Waals surface area contributed by atoms with Crippen LogP contribution in [0.25, 0.3) is 0 Å². The zero-order valence-electron chi connectivity index (χ0n) is 10.8. The van der Waals surface area contributed by atoms with Gasteiger partial charge in [-0.15, -0.1) is 0 Å². The molecule has 1 amide bonds. The van der Waals surface area contributed by atoms with Crippen LogP contribution in [-0.4, -0.2) is 21.9 Å². The molecular formula is C15H15N3O. The fraction of sp³-hybridized carbons (Fsp3) is 0.267. The summed E-state index contributed by atoms with van der Waals surface area (Å²) < 4.78 is 0. The number of hydrogen-bond acceptors (Lipinski definition) is 3. The minimum atomic E-state index is -0.0762. The van der Waals surface area contributed by atoms with Gasteiger partial charge in [0.15, 0.2) is 0 Å². The molecule has 1 aromatic carbocycles. The molecule has 0 N–H and O–H groups in total. The smallest absolute Gasteiger partial charge is 0.278 e. The van der Waals surface area contributed by atoms with E-state index in [0.717, 1.165) is 18.5 Å². The maximum absolute atomic E-state index is 12.6. The van der Waals surface area contributed by atoms with Gasteiger partial charge in [-0.1, -0.05) is 18.2 Å². The molecule has 4 nitrogen and oxygen atoms in total. The van der Waals surface area contributed by atoms with Crippen molar-refractivity contribution in [2.24, 2.45) is 0 Å². The van der Waals surface area contributed by atoms with Crippen molar-refractivity contribution in [2.45, 2.75) is 25.8 Å². The lowest BCUT2D eigenvalue weighted by Gasteiger charge is -2.35. The summed E-state index contributed by atoms with van der Waals surface area (Å²) in [5.41, 5.74) is 2.61. The van der Waals surface area contributed by atoms with E-state index in [1.807, 2.05) is 23.1 Å². The van der Waals surface area contributed by atoms with Gasteiger partial charge < -0.3 is 4.90 Å². The molecule has 2 aromatic rings. The highest BCUT2D eigenvalue weighted by Gasteiger charge is 2.29. The van der Waals surface area contributed by atoms with Gasteiger partial charge in [0.1, 0.15) is 5.69 Å². The average Bonchev–Trinajstić information content (AvgIpc) is 2.47. The molecule has 0 saturated heterocycles. The molecule has 4 heteroatoms. The summed E-state index contributed by atoms with van der Waals surface area (Å²) in [4.78, 5) is 22.5. The molecule has 0 fully saturated rings. The van der Waals surface area contributed by atoms with E-state index in [-0.39, 0.29) is 11.9 Å². The second kappa shape index (κ2) is 4.80. The number of nitrogens with zero attached hydrogens (tertiary/aromatic N) is 3. The Labute approximate surface area is 112 Å². The van der Waals surface area contributed by atoms with Crippen LogP contribution in [0.15, 0.2) is 42.9 Å².